The number of aryl methyl sites for hydroxylation is 1. The zero-order valence-corrected chi connectivity index (χ0v) is 7.14. The van der Waals surface area contributed by atoms with Gasteiger partial charge < -0.3 is 0 Å². The third-order valence-corrected chi connectivity index (χ3v) is 2.75. The minimum absolute atomic E-state index is 1.15. The van der Waals surface area contributed by atoms with Gasteiger partial charge in [0.1, 0.15) is 0 Å². The van der Waals surface area contributed by atoms with Crippen LogP contribution in [0.15, 0.2) is 16.3 Å². The second kappa shape index (κ2) is 3.28. The Labute approximate surface area is 65.3 Å². The van der Waals surface area contributed by atoms with E-state index in [9.17, 15) is 0 Å². The Balaban J connectivity index is 2.69. The lowest BCUT2D eigenvalue weighted by Crippen LogP contribution is -1.75. The number of thiol groups is 1. The molecule has 1 heterocycles. The molecule has 50 valence electrons. The van der Waals surface area contributed by atoms with E-state index in [1.165, 1.54) is 17.7 Å². The Hall–Kier alpha value is 0.0500. The molecule has 1 aromatic rings. The fourth-order valence-electron chi connectivity index (χ4n) is 0.748. The largest absolute Gasteiger partial charge is 0.148 e. The highest BCUT2D eigenvalue weighted by Crippen LogP contribution is 2.21. The predicted octanol–water partition coefficient (Wildman–Crippen LogP) is 2.99. The molecule has 0 saturated carbocycles. The minimum atomic E-state index is 1.15. The molecule has 0 nitrogen and oxygen atoms in total. The van der Waals surface area contributed by atoms with Gasteiger partial charge in [-0.15, -0.1) is 24.0 Å². The first-order valence-electron chi connectivity index (χ1n) is 3.10. The van der Waals surface area contributed by atoms with Crippen molar-refractivity contribution in [3.63, 3.8) is 0 Å². The lowest BCUT2D eigenvalue weighted by atomic mass is 10.3. The van der Waals surface area contributed by atoms with Crippen LogP contribution in [0.4, 0.5) is 0 Å². The van der Waals surface area contributed by atoms with Gasteiger partial charge in [0, 0.05) is 9.77 Å². The van der Waals surface area contributed by atoms with Gasteiger partial charge in [-0.2, -0.15) is 0 Å². The van der Waals surface area contributed by atoms with E-state index in [0.29, 0.717) is 0 Å². The predicted molar refractivity (Wildman–Crippen MR) is 45.6 cm³/mol. The lowest BCUT2D eigenvalue weighted by Gasteiger charge is -1.91. The summed E-state index contributed by atoms with van der Waals surface area (Å²) in [5, 5.41) is 2.09. The zero-order chi connectivity index (χ0) is 6.69. The van der Waals surface area contributed by atoms with Crippen molar-refractivity contribution in [1.82, 2.24) is 0 Å². The zero-order valence-electron chi connectivity index (χ0n) is 5.42. The van der Waals surface area contributed by atoms with Gasteiger partial charge in [0.15, 0.2) is 0 Å². The third-order valence-electron chi connectivity index (χ3n) is 1.20. The highest BCUT2D eigenvalue weighted by molar-refractivity contribution is 7.80. The molecule has 9 heavy (non-hydrogen) atoms. The molecule has 2 heteroatoms. The second-order valence-corrected chi connectivity index (χ2v) is 3.46. The molecular weight excluding hydrogens is 148 g/mol. The van der Waals surface area contributed by atoms with Crippen molar-refractivity contribution in [3.8, 4) is 0 Å². The van der Waals surface area contributed by atoms with Crippen LogP contribution in [0.5, 0.6) is 0 Å². The van der Waals surface area contributed by atoms with E-state index in [0.717, 1.165) is 4.90 Å². The highest BCUT2D eigenvalue weighted by atomic mass is 32.1. The van der Waals surface area contributed by atoms with Crippen molar-refractivity contribution >= 4 is 24.0 Å². The van der Waals surface area contributed by atoms with E-state index in [-0.39, 0.29) is 0 Å². The highest BCUT2D eigenvalue weighted by Gasteiger charge is 1.96. The summed E-state index contributed by atoms with van der Waals surface area (Å²) in [6.07, 6.45) is 2.39. The summed E-state index contributed by atoms with van der Waals surface area (Å²) in [6.45, 7) is 2.19. The van der Waals surface area contributed by atoms with Crippen LogP contribution in [0, 0.1) is 0 Å². The van der Waals surface area contributed by atoms with Crippen molar-refractivity contribution in [1.29, 1.82) is 0 Å². The molecule has 0 N–H and O–H groups in total. The van der Waals surface area contributed by atoms with Gasteiger partial charge >= 0.3 is 0 Å². The van der Waals surface area contributed by atoms with Gasteiger partial charge in [-0.1, -0.05) is 13.3 Å². The second-order valence-electron chi connectivity index (χ2n) is 1.98. The van der Waals surface area contributed by atoms with Crippen LogP contribution in [-0.2, 0) is 6.42 Å². The first-order chi connectivity index (χ1) is 4.34. The van der Waals surface area contributed by atoms with Gasteiger partial charge in [-0.05, 0) is 17.9 Å². The van der Waals surface area contributed by atoms with E-state index < -0.39 is 0 Å². The molecule has 0 spiro atoms. The molecule has 1 aromatic heterocycles. The van der Waals surface area contributed by atoms with E-state index >= 15 is 0 Å². The maximum absolute atomic E-state index is 4.29. The van der Waals surface area contributed by atoms with Crippen LogP contribution in [0.2, 0.25) is 0 Å². The number of thiophene rings is 1. The quantitative estimate of drug-likeness (QED) is 0.628. The van der Waals surface area contributed by atoms with Gasteiger partial charge in [-0.25, -0.2) is 0 Å². The summed E-state index contributed by atoms with van der Waals surface area (Å²) in [5.41, 5.74) is 0. The van der Waals surface area contributed by atoms with Crippen molar-refractivity contribution in [2.45, 2.75) is 24.7 Å². The standard InChI is InChI=1S/C7H10S2/c1-2-3-7-6(8)4-5-9-7/h4-5,8H,2-3H2,1H3. The monoisotopic (exact) mass is 158 g/mol. The molecule has 0 aliphatic heterocycles. The van der Waals surface area contributed by atoms with E-state index in [2.05, 4.69) is 31.0 Å². The summed E-state index contributed by atoms with van der Waals surface area (Å²) in [7, 11) is 0. The number of hydrogen-bond donors (Lipinski definition) is 1. The fraction of sp³-hybridized carbons (Fsp3) is 0.429. The molecule has 0 aromatic carbocycles. The fourth-order valence-corrected chi connectivity index (χ4v) is 2.07. The molecule has 0 saturated heterocycles. The first-order valence-corrected chi connectivity index (χ1v) is 4.42. The van der Waals surface area contributed by atoms with Gasteiger partial charge in [0.25, 0.3) is 0 Å². The van der Waals surface area contributed by atoms with Crippen LogP contribution in [-0.4, -0.2) is 0 Å². The van der Waals surface area contributed by atoms with Gasteiger partial charge in [0.2, 0.25) is 0 Å². The topological polar surface area (TPSA) is 0 Å². The van der Waals surface area contributed by atoms with E-state index in [4.69, 9.17) is 0 Å². The van der Waals surface area contributed by atoms with Crippen molar-refractivity contribution in [2.75, 3.05) is 0 Å². The molecular formula is C7H10S2. The van der Waals surface area contributed by atoms with Crippen LogP contribution < -0.4 is 0 Å². The number of rotatable bonds is 2. The van der Waals surface area contributed by atoms with Crippen LogP contribution in [0.1, 0.15) is 18.2 Å². The van der Waals surface area contributed by atoms with Gasteiger partial charge in [-0.3, -0.25) is 0 Å². The first kappa shape index (κ1) is 7.16. The smallest absolute Gasteiger partial charge is 0.0179 e. The van der Waals surface area contributed by atoms with E-state index in [1.807, 2.05) is 0 Å². The summed E-state index contributed by atoms with van der Waals surface area (Å²) in [6, 6.07) is 2.05. The molecule has 0 radical (unpaired) electrons. The van der Waals surface area contributed by atoms with Crippen molar-refractivity contribution < 1.29 is 0 Å². The molecule has 0 fully saturated rings. The summed E-state index contributed by atoms with van der Waals surface area (Å²) in [4.78, 5) is 2.57. The maximum Gasteiger partial charge on any atom is 0.0179 e. The maximum atomic E-state index is 4.29. The average molecular weight is 158 g/mol. The molecule has 0 amide bonds. The molecule has 0 atom stereocenters. The Bertz CT molecular complexity index is 179. The summed E-state index contributed by atoms with van der Waals surface area (Å²) in [5.74, 6) is 0. The summed E-state index contributed by atoms with van der Waals surface area (Å²) >= 11 is 6.09. The van der Waals surface area contributed by atoms with E-state index in [1.54, 1.807) is 11.3 Å². The Morgan fingerprint density at radius 1 is 1.67 bits per heavy atom. The molecule has 0 unspecified atom stereocenters. The normalized spacial score (nSPS) is 10.0. The average Bonchev–Trinajstić information content (AvgIpc) is 2.18. The third kappa shape index (κ3) is 1.73. The van der Waals surface area contributed by atoms with Crippen LogP contribution >= 0.6 is 24.0 Å². The number of hydrogen-bond acceptors (Lipinski definition) is 2. The Kier molecular flexibility index (Phi) is 2.61. The van der Waals surface area contributed by atoms with Crippen molar-refractivity contribution in [3.05, 3.63) is 16.3 Å². The van der Waals surface area contributed by atoms with Crippen molar-refractivity contribution in [2.24, 2.45) is 0 Å². The molecule has 0 aliphatic rings. The molecule has 0 aliphatic carbocycles. The SMILES string of the molecule is CCCc1sccc1S. The Morgan fingerprint density at radius 2 is 2.44 bits per heavy atom. The van der Waals surface area contributed by atoms with Gasteiger partial charge in [0.05, 0.1) is 0 Å². The Morgan fingerprint density at radius 3 is 2.89 bits per heavy atom. The van der Waals surface area contributed by atoms with Crippen LogP contribution in [0.3, 0.4) is 0 Å². The summed E-state index contributed by atoms with van der Waals surface area (Å²) < 4.78 is 0. The molecule has 0 bridgehead atoms. The minimum Gasteiger partial charge on any atom is -0.148 e. The molecule has 1 rings (SSSR count). The van der Waals surface area contributed by atoms with Crippen LogP contribution in [0.25, 0.3) is 0 Å². The lowest BCUT2D eigenvalue weighted by molar-refractivity contribution is 0.924.